The zero-order chi connectivity index (χ0) is 13.5. The molecular weight excluding hydrogens is 256 g/mol. The second-order valence-electron chi connectivity index (χ2n) is 6.09. The van der Waals surface area contributed by atoms with Gasteiger partial charge in [-0.15, -0.1) is 0 Å². The summed E-state index contributed by atoms with van der Waals surface area (Å²) in [5.41, 5.74) is 1.13. The molecular formula is C14H20N4O2. The topological polar surface area (TPSA) is 70.2 Å². The quantitative estimate of drug-likeness (QED) is 0.867. The van der Waals surface area contributed by atoms with Gasteiger partial charge in [-0.1, -0.05) is 0 Å². The van der Waals surface area contributed by atoms with Gasteiger partial charge in [-0.05, 0) is 32.2 Å². The van der Waals surface area contributed by atoms with E-state index in [4.69, 9.17) is 4.74 Å². The van der Waals surface area contributed by atoms with Crippen molar-refractivity contribution in [1.29, 1.82) is 0 Å². The normalized spacial score (nSPS) is 30.2. The van der Waals surface area contributed by atoms with Gasteiger partial charge in [-0.2, -0.15) is 5.10 Å². The summed E-state index contributed by atoms with van der Waals surface area (Å²) >= 11 is 0. The van der Waals surface area contributed by atoms with Gasteiger partial charge in [0.05, 0.1) is 6.61 Å². The molecule has 1 aliphatic carbocycles. The van der Waals surface area contributed by atoms with Crippen molar-refractivity contribution in [3.8, 4) is 0 Å². The molecule has 0 radical (unpaired) electrons. The summed E-state index contributed by atoms with van der Waals surface area (Å²) in [6.07, 6.45) is 4.48. The van der Waals surface area contributed by atoms with Crippen LogP contribution in [0.2, 0.25) is 0 Å². The highest BCUT2D eigenvalue weighted by atomic mass is 16.5. The molecule has 3 aliphatic rings. The number of morpholine rings is 1. The highest BCUT2D eigenvalue weighted by Gasteiger charge is 2.35. The summed E-state index contributed by atoms with van der Waals surface area (Å²) in [4.78, 5) is 14.6. The summed E-state index contributed by atoms with van der Waals surface area (Å²) in [6, 6.07) is 2.46. The Morgan fingerprint density at radius 3 is 3.20 bits per heavy atom. The van der Waals surface area contributed by atoms with Crippen LogP contribution in [0.25, 0.3) is 0 Å². The largest absolute Gasteiger partial charge is 0.365 e. The minimum absolute atomic E-state index is 0.0794. The highest BCUT2D eigenvalue weighted by Crippen LogP contribution is 2.39. The van der Waals surface area contributed by atoms with Gasteiger partial charge in [0.2, 0.25) is 0 Å². The summed E-state index contributed by atoms with van der Waals surface area (Å²) in [6.45, 7) is 2.47. The molecule has 2 N–H and O–H groups in total. The number of anilines is 1. The van der Waals surface area contributed by atoms with Crippen LogP contribution in [0.1, 0.15) is 37.3 Å². The molecule has 4 rings (SSSR count). The first-order valence-corrected chi connectivity index (χ1v) is 7.51. The van der Waals surface area contributed by atoms with Gasteiger partial charge in [0.1, 0.15) is 6.10 Å². The molecule has 1 aromatic rings. The van der Waals surface area contributed by atoms with Crippen molar-refractivity contribution in [1.82, 2.24) is 15.1 Å². The Bertz CT molecular complexity index is 511. The Kier molecular flexibility index (Phi) is 3.00. The maximum Gasteiger partial charge on any atom is 0.256 e. The van der Waals surface area contributed by atoms with Crippen molar-refractivity contribution in [2.24, 2.45) is 0 Å². The molecule has 3 fully saturated rings. The number of fused-ring (bicyclic) bond motifs is 1. The molecule has 20 heavy (non-hydrogen) atoms. The van der Waals surface area contributed by atoms with E-state index in [2.05, 4.69) is 20.4 Å². The molecule has 3 heterocycles. The third-order valence-electron chi connectivity index (χ3n) is 4.55. The van der Waals surface area contributed by atoms with E-state index in [1.54, 1.807) is 0 Å². The number of rotatable bonds is 3. The van der Waals surface area contributed by atoms with E-state index >= 15 is 0 Å². The number of nitrogens with one attached hydrogen (secondary N) is 2. The van der Waals surface area contributed by atoms with Gasteiger partial charge < -0.3 is 10.1 Å². The van der Waals surface area contributed by atoms with Gasteiger partial charge in [0, 0.05) is 30.3 Å². The molecule has 0 aromatic carbocycles. The van der Waals surface area contributed by atoms with Crippen LogP contribution in [0.5, 0.6) is 0 Å². The first-order valence-electron chi connectivity index (χ1n) is 7.51. The van der Waals surface area contributed by atoms with Crippen LogP contribution < -0.4 is 5.32 Å². The fourth-order valence-electron chi connectivity index (χ4n) is 3.19. The molecule has 6 nitrogen and oxygen atoms in total. The Balaban J connectivity index is 1.37. The maximum atomic E-state index is 12.2. The van der Waals surface area contributed by atoms with E-state index < -0.39 is 0 Å². The van der Waals surface area contributed by atoms with Gasteiger partial charge in [0.25, 0.3) is 5.91 Å². The smallest absolute Gasteiger partial charge is 0.256 e. The minimum Gasteiger partial charge on any atom is -0.365 e. The number of hydrogen-bond donors (Lipinski definition) is 2. The molecule has 1 amide bonds. The van der Waals surface area contributed by atoms with Crippen molar-refractivity contribution in [2.45, 2.75) is 43.7 Å². The number of hydrogen-bond acceptors (Lipinski definition) is 4. The van der Waals surface area contributed by atoms with Gasteiger partial charge in [-0.25, -0.2) is 0 Å². The lowest BCUT2D eigenvalue weighted by atomic mass is 10.2. The van der Waals surface area contributed by atoms with Crippen molar-refractivity contribution < 1.29 is 9.53 Å². The van der Waals surface area contributed by atoms with Crippen molar-refractivity contribution >= 4 is 11.7 Å². The molecule has 2 saturated heterocycles. The fourth-order valence-corrected chi connectivity index (χ4v) is 3.19. The fraction of sp³-hybridized carbons (Fsp3) is 0.714. The number of H-pyrrole nitrogens is 1. The molecule has 2 atom stereocenters. The number of aromatic amines is 1. The minimum atomic E-state index is -0.370. The van der Waals surface area contributed by atoms with E-state index in [0.717, 1.165) is 12.2 Å². The molecule has 1 aromatic heterocycles. The number of carbonyl (C=O) groups is 1. The Morgan fingerprint density at radius 1 is 1.45 bits per heavy atom. The first kappa shape index (κ1) is 12.3. The second-order valence-corrected chi connectivity index (χ2v) is 6.09. The SMILES string of the molecule is O=C(Nc1cc(C2CC2)[nH]n1)[C@H]1CN2CCC[C@H]2CO1. The Morgan fingerprint density at radius 2 is 2.35 bits per heavy atom. The molecule has 0 spiro atoms. The molecule has 0 bridgehead atoms. The lowest BCUT2D eigenvalue weighted by molar-refractivity contribution is -0.135. The van der Waals surface area contributed by atoms with Gasteiger partial charge >= 0.3 is 0 Å². The van der Waals surface area contributed by atoms with Crippen LogP contribution in [0, 0.1) is 0 Å². The monoisotopic (exact) mass is 276 g/mol. The van der Waals surface area contributed by atoms with Crippen molar-refractivity contribution in [3.63, 3.8) is 0 Å². The van der Waals surface area contributed by atoms with Gasteiger partial charge in [0.15, 0.2) is 5.82 Å². The van der Waals surface area contributed by atoms with E-state index in [9.17, 15) is 4.79 Å². The lowest BCUT2D eigenvalue weighted by Gasteiger charge is -2.34. The first-order chi connectivity index (χ1) is 9.79. The van der Waals surface area contributed by atoms with Crippen LogP contribution in [-0.4, -0.2) is 52.8 Å². The maximum absolute atomic E-state index is 12.2. The van der Waals surface area contributed by atoms with Crippen LogP contribution in [0.4, 0.5) is 5.82 Å². The number of amides is 1. The Labute approximate surface area is 117 Å². The Hall–Kier alpha value is -1.40. The average Bonchev–Trinajstić information content (AvgIpc) is 3.02. The van der Waals surface area contributed by atoms with E-state index in [-0.39, 0.29) is 12.0 Å². The summed E-state index contributed by atoms with van der Waals surface area (Å²) in [5, 5.41) is 10.0. The predicted molar refractivity (Wildman–Crippen MR) is 73.5 cm³/mol. The number of carbonyl (C=O) groups excluding carboxylic acids is 1. The molecule has 0 unspecified atom stereocenters. The van der Waals surface area contributed by atoms with Crippen molar-refractivity contribution in [3.05, 3.63) is 11.8 Å². The summed E-state index contributed by atoms with van der Waals surface area (Å²) in [5.74, 6) is 1.15. The average molecular weight is 276 g/mol. The zero-order valence-corrected chi connectivity index (χ0v) is 11.5. The van der Waals surface area contributed by atoms with Crippen LogP contribution in [0.3, 0.4) is 0 Å². The molecule has 108 valence electrons. The van der Waals surface area contributed by atoms with Gasteiger partial charge in [-0.3, -0.25) is 14.8 Å². The van der Waals surface area contributed by atoms with Crippen LogP contribution >= 0.6 is 0 Å². The lowest BCUT2D eigenvalue weighted by Crippen LogP contribution is -2.50. The third-order valence-corrected chi connectivity index (χ3v) is 4.55. The van der Waals surface area contributed by atoms with E-state index in [1.165, 1.54) is 25.7 Å². The second kappa shape index (κ2) is 4.86. The number of aromatic nitrogens is 2. The molecule has 6 heteroatoms. The highest BCUT2D eigenvalue weighted by molar-refractivity contribution is 5.93. The van der Waals surface area contributed by atoms with Crippen molar-refractivity contribution in [2.75, 3.05) is 25.0 Å². The van der Waals surface area contributed by atoms with Crippen LogP contribution in [0.15, 0.2) is 6.07 Å². The van der Waals surface area contributed by atoms with Crippen LogP contribution in [-0.2, 0) is 9.53 Å². The molecule has 2 aliphatic heterocycles. The third kappa shape index (κ3) is 2.33. The summed E-state index contributed by atoms with van der Waals surface area (Å²) in [7, 11) is 0. The number of ether oxygens (including phenoxy) is 1. The number of nitrogens with zero attached hydrogens (tertiary/aromatic N) is 2. The van der Waals surface area contributed by atoms with E-state index in [1.807, 2.05) is 6.07 Å². The molecule has 1 saturated carbocycles. The predicted octanol–water partition coefficient (Wildman–Crippen LogP) is 1.09. The zero-order valence-electron chi connectivity index (χ0n) is 11.5. The standard InChI is InChI=1S/C14H20N4O2/c19-14(12-7-18-5-1-2-10(18)8-20-12)15-13-6-11(16-17-13)9-3-4-9/h6,9-10,12H,1-5,7-8H2,(H2,15,16,17,19)/t10-,12+/m0/s1. The summed E-state index contributed by atoms with van der Waals surface area (Å²) < 4.78 is 5.70. The van der Waals surface area contributed by atoms with E-state index in [0.29, 0.717) is 30.9 Å².